The molecule has 6 heteroatoms. The largest absolute Gasteiger partial charge is 0.444 e. The molecule has 0 saturated heterocycles. The number of nitrogens with one attached hydrogen (secondary N) is 2. The van der Waals surface area contributed by atoms with E-state index in [9.17, 15) is 13.6 Å². The molecule has 0 saturated carbocycles. The molecule has 4 nitrogen and oxygen atoms in total. The molecule has 1 aromatic carbocycles. The van der Waals surface area contributed by atoms with Gasteiger partial charge in [-0.3, -0.25) is 0 Å². The predicted molar refractivity (Wildman–Crippen MR) is 77.0 cm³/mol. The van der Waals surface area contributed by atoms with Crippen LogP contribution in [0.1, 0.15) is 31.9 Å². The van der Waals surface area contributed by atoms with E-state index in [0.29, 0.717) is 18.7 Å². The molecule has 1 aromatic rings. The van der Waals surface area contributed by atoms with Crippen molar-refractivity contribution in [2.45, 2.75) is 39.8 Å². The van der Waals surface area contributed by atoms with Crippen LogP contribution in [0.25, 0.3) is 0 Å². The molecule has 0 atom stereocenters. The summed E-state index contributed by atoms with van der Waals surface area (Å²) in [6.45, 7) is 7.83. The standard InChI is InChI=1S/C15H22F2N2O2/c1-10-12(16)6-5-11(13(10)17)9-18-7-8-19-14(20)21-15(2,3)4/h5-6,18H,7-9H2,1-4H3,(H,19,20). The molecule has 1 rings (SSSR count). The van der Waals surface area contributed by atoms with Crippen LogP contribution in [0.2, 0.25) is 0 Å². The first-order valence-electron chi connectivity index (χ1n) is 6.82. The average molecular weight is 300 g/mol. The maximum absolute atomic E-state index is 13.7. The van der Waals surface area contributed by atoms with Crippen molar-refractivity contribution in [3.8, 4) is 0 Å². The monoisotopic (exact) mass is 300 g/mol. The number of amides is 1. The number of rotatable bonds is 5. The lowest BCUT2D eigenvalue weighted by Gasteiger charge is -2.19. The highest BCUT2D eigenvalue weighted by Crippen LogP contribution is 2.15. The minimum Gasteiger partial charge on any atom is -0.444 e. The SMILES string of the molecule is Cc1c(F)ccc(CNCCNC(=O)OC(C)(C)C)c1F. The first kappa shape index (κ1) is 17.4. The van der Waals surface area contributed by atoms with E-state index < -0.39 is 23.3 Å². The van der Waals surface area contributed by atoms with Gasteiger partial charge in [-0.05, 0) is 33.8 Å². The van der Waals surface area contributed by atoms with Gasteiger partial charge in [0.2, 0.25) is 0 Å². The first-order chi connectivity index (χ1) is 9.70. The maximum Gasteiger partial charge on any atom is 0.407 e. The van der Waals surface area contributed by atoms with E-state index in [-0.39, 0.29) is 12.1 Å². The molecule has 1 amide bonds. The van der Waals surface area contributed by atoms with E-state index in [1.54, 1.807) is 20.8 Å². The molecule has 0 bridgehead atoms. The van der Waals surface area contributed by atoms with Crippen LogP contribution in [0.5, 0.6) is 0 Å². The second-order valence-electron chi connectivity index (χ2n) is 5.75. The van der Waals surface area contributed by atoms with E-state index in [1.165, 1.54) is 19.1 Å². The van der Waals surface area contributed by atoms with Crippen LogP contribution in [0.15, 0.2) is 12.1 Å². The second-order valence-corrected chi connectivity index (χ2v) is 5.75. The van der Waals surface area contributed by atoms with E-state index in [1.807, 2.05) is 0 Å². The van der Waals surface area contributed by atoms with E-state index in [4.69, 9.17) is 4.74 Å². The lowest BCUT2D eigenvalue weighted by Crippen LogP contribution is -2.36. The van der Waals surface area contributed by atoms with Crippen LogP contribution in [-0.2, 0) is 11.3 Å². The molecule has 0 aliphatic rings. The summed E-state index contributed by atoms with van der Waals surface area (Å²) in [7, 11) is 0. The molecule has 118 valence electrons. The fourth-order valence-corrected chi connectivity index (χ4v) is 1.64. The van der Waals surface area contributed by atoms with Crippen LogP contribution in [-0.4, -0.2) is 24.8 Å². The molecule has 0 aliphatic heterocycles. The van der Waals surface area contributed by atoms with Crippen molar-refractivity contribution in [1.29, 1.82) is 0 Å². The van der Waals surface area contributed by atoms with Crippen molar-refractivity contribution in [2.24, 2.45) is 0 Å². The average Bonchev–Trinajstić information content (AvgIpc) is 2.36. The number of carbonyl (C=O) groups is 1. The third kappa shape index (κ3) is 6.08. The molecule has 0 aromatic heterocycles. The highest BCUT2D eigenvalue weighted by molar-refractivity contribution is 5.67. The van der Waals surface area contributed by atoms with Crippen molar-refractivity contribution in [2.75, 3.05) is 13.1 Å². The zero-order chi connectivity index (χ0) is 16.0. The minimum atomic E-state index is -0.553. The summed E-state index contributed by atoms with van der Waals surface area (Å²) in [5, 5.41) is 5.56. The van der Waals surface area contributed by atoms with Crippen LogP contribution in [0.3, 0.4) is 0 Å². The highest BCUT2D eigenvalue weighted by Gasteiger charge is 2.15. The third-order valence-corrected chi connectivity index (χ3v) is 2.69. The fourth-order valence-electron chi connectivity index (χ4n) is 1.64. The predicted octanol–water partition coefficient (Wildman–Crippen LogP) is 2.89. The Morgan fingerprint density at radius 1 is 1.24 bits per heavy atom. The minimum absolute atomic E-state index is 0.0150. The van der Waals surface area contributed by atoms with Gasteiger partial charge >= 0.3 is 6.09 Å². The van der Waals surface area contributed by atoms with Crippen LogP contribution >= 0.6 is 0 Å². The summed E-state index contributed by atoms with van der Waals surface area (Å²) < 4.78 is 31.9. The molecule has 0 unspecified atom stereocenters. The molecular formula is C15H22F2N2O2. The highest BCUT2D eigenvalue weighted by atomic mass is 19.1. The Kier molecular flexibility index (Phi) is 6.08. The van der Waals surface area contributed by atoms with Crippen molar-refractivity contribution < 1.29 is 18.3 Å². The van der Waals surface area contributed by atoms with Gasteiger partial charge in [-0.1, -0.05) is 6.07 Å². The van der Waals surface area contributed by atoms with Gasteiger partial charge in [-0.15, -0.1) is 0 Å². The molecule has 0 aliphatic carbocycles. The lowest BCUT2D eigenvalue weighted by molar-refractivity contribution is 0.0528. The Hall–Kier alpha value is -1.69. The van der Waals surface area contributed by atoms with E-state index in [0.717, 1.165) is 0 Å². The van der Waals surface area contributed by atoms with Gasteiger partial charge in [-0.25, -0.2) is 13.6 Å². The van der Waals surface area contributed by atoms with Gasteiger partial charge in [0, 0.05) is 30.8 Å². The number of halogens is 2. The van der Waals surface area contributed by atoms with E-state index in [2.05, 4.69) is 10.6 Å². The topological polar surface area (TPSA) is 50.4 Å². The zero-order valence-electron chi connectivity index (χ0n) is 12.8. The molecule has 2 N–H and O–H groups in total. The van der Waals surface area contributed by atoms with Crippen molar-refractivity contribution in [1.82, 2.24) is 10.6 Å². The Bertz CT molecular complexity index is 499. The van der Waals surface area contributed by atoms with Crippen molar-refractivity contribution >= 4 is 6.09 Å². The molecule has 0 radical (unpaired) electrons. The Balaban J connectivity index is 2.29. The molecule has 0 heterocycles. The number of hydrogen-bond acceptors (Lipinski definition) is 3. The van der Waals surface area contributed by atoms with Gasteiger partial charge in [0.15, 0.2) is 0 Å². The summed E-state index contributed by atoms with van der Waals surface area (Å²) in [5.74, 6) is -1.09. The third-order valence-electron chi connectivity index (χ3n) is 2.69. The first-order valence-corrected chi connectivity index (χ1v) is 6.82. The van der Waals surface area contributed by atoms with Crippen LogP contribution < -0.4 is 10.6 Å². The van der Waals surface area contributed by atoms with E-state index >= 15 is 0 Å². The van der Waals surface area contributed by atoms with Crippen molar-refractivity contribution in [3.63, 3.8) is 0 Å². The summed E-state index contributed by atoms with van der Waals surface area (Å²) in [4.78, 5) is 11.4. The van der Waals surface area contributed by atoms with Gasteiger partial charge in [-0.2, -0.15) is 0 Å². The number of hydrogen-bond donors (Lipinski definition) is 2. The van der Waals surface area contributed by atoms with Crippen LogP contribution in [0, 0.1) is 18.6 Å². The molecular weight excluding hydrogens is 278 g/mol. The lowest BCUT2D eigenvalue weighted by atomic mass is 10.1. The maximum atomic E-state index is 13.7. The number of alkyl carbamates (subject to hydrolysis) is 1. The Morgan fingerprint density at radius 2 is 1.90 bits per heavy atom. The summed E-state index contributed by atoms with van der Waals surface area (Å²) in [6.07, 6.45) is -0.492. The number of ether oxygens (including phenoxy) is 1. The number of benzene rings is 1. The summed E-state index contributed by atoms with van der Waals surface area (Å²) >= 11 is 0. The van der Waals surface area contributed by atoms with Gasteiger partial charge < -0.3 is 15.4 Å². The fraction of sp³-hybridized carbons (Fsp3) is 0.533. The number of carbonyl (C=O) groups excluding carboxylic acids is 1. The molecule has 0 fully saturated rings. The van der Waals surface area contributed by atoms with Gasteiger partial charge in [0.25, 0.3) is 0 Å². The zero-order valence-corrected chi connectivity index (χ0v) is 12.8. The van der Waals surface area contributed by atoms with Gasteiger partial charge in [0.1, 0.15) is 17.2 Å². The summed E-state index contributed by atoms with van der Waals surface area (Å²) in [5.41, 5.74) is -0.126. The van der Waals surface area contributed by atoms with Crippen molar-refractivity contribution in [3.05, 3.63) is 34.9 Å². The Morgan fingerprint density at radius 3 is 2.52 bits per heavy atom. The normalized spacial score (nSPS) is 11.3. The van der Waals surface area contributed by atoms with Gasteiger partial charge in [0.05, 0.1) is 0 Å². The quantitative estimate of drug-likeness (QED) is 0.822. The van der Waals surface area contributed by atoms with Crippen LogP contribution in [0.4, 0.5) is 13.6 Å². The summed E-state index contributed by atoms with van der Waals surface area (Å²) in [6, 6.07) is 2.65. The smallest absolute Gasteiger partial charge is 0.407 e. The molecule has 21 heavy (non-hydrogen) atoms. The molecule has 0 spiro atoms. The second kappa shape index (κ2) is 7.36. The Labute approximate surface area is 123 Å².